The molecule has 0 amide bonds. The van der Waals surface area contributed by atoms with Crippen LogP contribution in [-0.4, -0.2) is 23.2 Å². The summed E-state index contributed by atoms with van der Waals surface area (Å²) in [4.78, 5) is -0.660. The van der Waals surface area contributed by atoms with Crippen LogP contribution in [0, 0.1) is 0 Å². The molecule has 0 spiro atoms. The van der Waals surface area contributed by atoms with E-state index in [4.69, 9.17) is 4.55 Å². The first-order valence-electron chi connectivity index (χ1n) is 11.8. The SMILES string of the molecule is CCCCCCCCCCCCCCCCC(C)c1cc(O)c(S(=O)(=O)O)cc1O.[H-].[K+]. The van der Waals surface area contributed by atoms with Crippen LogP contribution >= 0.6 is 0 Å². The van der Waals surface area contributed by atoms with Crippen molar-refractivity contribution in [2.24, 2.45) is 0 Å². The minimum Gasteiger partial charge on any atom is -1.00 e. The Bertz CT molecular complexity index is 713. The molecule has 1 rings (SSSR count). The maximum Gasteiger partial charge on any atom is 1.00 e. The molecule has 0 aliphatic rings. The topological polar surface area (TPSA) is 94.8 Å². The average Bonchev–Trinajstić information content (AvgIpc) is 2.68. The van der Waals surface area contributed by atoms with Gasteiger partial charge in [-0.2, -0.15) is 8.42 Å². The van der Waals surface area contributed by atoms with E-state index in [9.17, 15) is 18.6 Å². The first-order chi connectivity index (χ1) is 14.3. The maximum absolute atomic E-state index is 11.2. The molecule has 0 heterocycles. The van der Waals surface area contributed by atoms with E-state index in [1.54, 1.807) is 0 Å². The molecule has 0 fully saturated rings. The summed E-state index contributed by atoms with van der Waals surface area (Å²) in [7, 11) is -4.55. The van der Waals surface area contributed by atoms with Gasteiger partial charge < -0.3 is 11.6 Å². The van der Waals surface area contributed by atoms with Crippen molar-refractivity contribution in [2.45, 2.75) is 121 Å². The van der Waals surface area contributed by atoms with Crippen LogP contribution in [0.15, 0.2) is 17.0 Å². The molecule has 1 unspecified atom stereocenters. The quantitative estimate of drug-likeness (QED) is 0.132. The second-order valence-corrected chi connectivity index (χ2v) is 10.0. The Kier molecular flexibility index (Phi) is 18.0. The molecule has 7 heteroatoms. The standard InChI is InChI=1S/C24H42O5S.K.H/c1-3-4-5-6-7-8-9-10-11-12-13-14-15-16-17-20(2)21-18-23(26)24(19-22(21)25)30(27,28)29;;/h18-20,25-26H,3-17H2,1-2H3,(H,27,28,29);;/q;+1;-1. The summed E-state index contributed by atoms with van der Waals surface area (Å²) >= 11 is 0. The van der Waals surface area contributed by atoms with Crippen molar-refractivity contribution >= 4 is 10.1 Å². The summed E-state index contributed by atoms with van der Waals surface area (Å²) in [6.45, 7) is 4.20. The van der Waals surface area contributed by atoms with Crippen LogP contribution < -0.4 is 51.4 Å². The molecular weight excluding hydrogens is 439 g/mol. The molecular formula is C24H43KO5S. The van der Waals surface area contributed by atoms with Crippen LogP contribution in [0.2, 0.25) is 0 Å². The van der Waals surface area contributed by atoms with E-state index < -0.39 is 20.8 Å². The van der Waals surface area contributed by atoms with Gasteiger partial charge in [-0.1, -0.05) is 104 Å². The van der Waals surface area contributed by atoms with Gasteiger partial charge in [0, 0.05) is 11.6 Å². The van der Waals surface area contributed by atoms with Crippen molar-refractivity contribution in [1.82, 2.24) is 0 Å². The molecule has 1 aromatic rings. The Morgan fingerprint density at radius 1 is 0.774 bits per heavy atom. The van der Waals surface area contributed by atoms with Gasteiger partial charge in [0.1, 0.15) is 16.4 Å². The second kappa shape index (κ2) is 17.8. The molecule has 0 radical (unpaired) electrons. The average molecular weight is 483 g/mol. The van der Waals surface area contributed by atoms with Crippen LogP contribution in [-0.2, 0) is 10.1 Å². The van der Waals surface area contributed by atoms with Gasteiger partial charge >= 0.3 is 51.4 Å². The van der Waals surface area contributed by atoms with Crippen LogP contribution in [0.4, 0.5) is 0 Å². The van der Waals surface area contributed by atoms with Gasteiger partial charge in [0.25, 0.3) is 10.1 Å². The van der Waals surface area contributed by atoms with Crippen LogP contribution in [0.3, 0.4) is 0 Å². The zero-order valence-electron chi connectivity index (χ0n) is 20.9. The van der Waals surface area contributed by atoms with Gasteiger partial charge in [-0.15, -0.1) is 0 Å². The first-order valence-corrected chi connectivity index (χ1v) is 13.2. The Morgan fingerprint density at radius 2 is 1.19 bits per heavy atom. The largest absolute Gasteiger partial charge is 1.00 e. The minimum atomic E-state index is -4.55. The molecule has 5 nitrogen and oxygen atoms in total. The predicted octanol–water partition coefficient (Wildman–Crippen LogP) is 4.44. The fourth-order valence-electron chi connectivity index (χ4n) is 3.98. The summed E-state index contributed by atoms with van der Waals surface area (Å²) in [5.41, 5.74) is 0.509. The van der Waals surface area contributed by atoms with E-state index in [-0.39, 0.29) is 64.5 Å². The third-order valence-electron chi connectivity index (χ3n) is 5.91. The van der Waals surface area contributed by atoms with Crippen molar-refractivity contribution in [1.29, 1.82) is 0 Å². The Balaban J connectivity index is 0. The van der Waals surface area contributed by atoms with Gasteiger partial charge in [0.05, 0.1) is 0 Å². The summed E-state index contributed by atoms with van der Waals surface area (Å²) in [5, 5.41) is 19.9. The molecule has 0 saturated carbocycles. The van der Waals surface area contributed by atoms with Crippen LogP contribution in [0.25, 0.3) is 0 Å². The van der Waals surface area contributed by atoms with E-state index in [1.807, 2.05) is 6.92 Å². The number of unbranched alkanes of at least 4 members (excludes halogenated alkanes) is 13. The molecule has 176 valence electrons. The molecule has 0 saturated heterocycles. The fourth-order valence-corrected chi connectivity index (χ4v) is 4.56. The van der Waals surface area contributed by atoms with Crippen molar-refractivity contribution < 1.29 is 76.0 Å². The van der Waals surface area contributed by atoms with Gasteiger partial charge in [0.2, 0.25) is 0 Å². The monoisotopic (exact) mass is 482 g/mol. The molecule has 0 aliphatic heterocycles. The van der Waals surface area contributed by atoms with E-state index in [1.165, 1.54) is 83.1 Å². The number of rotatable bonds is 17. The summed E-state index contributed by atoms with van der Waals surface area (Å²) in [5.74, 6) is -0.736. The van der Waals surface area contributed by atoms with Crippen molar-refractivity contribution in [2.75, 3.05) is 0 Å². The van der Waals surface area contributed by atoms with E-state index >= 15 is 0 Å². The maximum atomic E-state index is 11.2. The summed E-state index contributed by atoms with van der Waals surface area (Å²) < 4.78 is 31.5. The summed E-state index contributed by atoms with van der Waals surface area (Å²) in [6, 6.07) is 2.16. The number of phenols is 2. The number of phenolic OH excluding ortho intramolecular Hbond substituents is 2. The number of hydrogen-bond donors (Lipinski definition) is 3. The summed E-state index contributed by atoms with van der Waals surface area (Å²) in [6.07, 6.45) is 19.1. The molecule has 1 atom stereocenters. The number of benzene rings is 1. The van der Waals surface area contributed by atoms with Crippen molar-refractivity contribution in [3.63, 3.8) is 0 Å². The van der Waals surface area contributed by atoms with Gasteiger partial charge in [0.15, 0.2) is 0 Å². The fraction of sp³-hybridized carbons (Fsp3) is 0.750. The first kappa shape index (κ1) is 31.4. The number of hydrogen-bond acceptors (Lipinski definition) is 4. The third-order valence-corrected chi connectivity index (χ3v) is 6.79. The Morgan fingerprint density at radius 3 is 1.61 bits per heavy atom. The van der Waals surface area contributed by atoms with E-state index in [2.05, 4.69) is 6.92 Å². The zero-order chi connectivity index (χ0) is 22.4. The third kappa shape index (κ3) is 13.6. The second-order valence-electron chi connectivity index (χ2n) is 8.64. The zero-order valence-corrected chi connectivity index (χ0v) is 23.8. The Labute approximate surface area is 234 Å². The van der Waals surface area contributed by atoms with Crippen LogP contribution in [0.5, 0.6) is 11.5 Å². The molecule has 3 N–H and O–H groups in total. The molecule has 0 aliphatic carbocycles. The van der Waals surface area contributed by atoms with E-state index in [0.29, 0.717) is 5.56 Å². The van der Waals surface area contributed by atoms with Crippen molar-refractivity contribution in [3.8, 4) is 11.5 Å². The predicted molar refractivity (Wildman–Crippen MR) is 124 cm³/mol. The van der Waals surface area contributed by atoms with E-state index in [0.717, 1.165) is 25.3 Å². The van der Waals surface area contributed by atoms with Crippen molar-refractivity contribution in [3.05, 3.63) is 17.7 Å². The number of aromatic hydroxyl groups is 2. The van der Waals surface area contributed by atoms with Gasteiger partial charge in [-0.05, 0) is 18.4 Å². The molecule has 1 aromatic carbocycles. The van der Waals surface area contributed by atoms with Gasteiger partial charge in [-0.3, -0.25) is 4.55 Å². The van der Waals surface area contributed by atoms with Gasteiger partial charge in [-0.25, -0.2) is 0 Å². The molecule has 0 aromatic heterocycles. The Hall–Kier alpha value is 0.366. The molecule has 31 heavy (non-hydrogen) atoms. The minimum absolute atomic E-state index is 0. The normalized spacial score (nSPS) is 12.5. The smallest absolute Gasteiger partial charge is 1.00 e. The molecule has 0 bridgehead atoms. The van der Waals surface area contributed by atoms with Crippen LogP contribution in [0.1, 0.15) is 123 Å².